The van der Waals surface area contributed by atoms with E-state index in [9.17, 15) is 9.59 Å². The van der Waals surface area contributed by atoms with Crippen molar-refractivity contribution in [2.45, 2.75) is 25.9 Å². The Bertz CT molecular complexity index is 816. The molecule has 1 heterocycles. The molecule has 6 nitrogen and oxygen atoms in total. The highest BCUT2D eigenvalue weighted by molar-refractivity contribution is 5.94. The van der Waals surface area contributed by atoms with Crippen LogP contribution in [0.25, 0.3) is 0 Å². The molecule has 148 valence electrons. The third-order valence-electron chi connectivity index (χ3n) is 4.73. The van der Waals surface area contributed by atoms with Gasteiger partial charge in [0.15, 0.2) is 0 Å². The zero-order valence-electron chi connectivity index (χ0n) is 16.2. The molecule has 1 fully saturated rings. The number of hydrogen-bond donors (Lipinski definition) is 2. The zero-order chi connectivity index (χ0) is 19.8. The molecule has 1 saturated heterocycles. The second-order valence-corrected chi connectivity index (χ2v) is 7.05. The number of methoxy groups -OCH3 is 1. The first-order chi connectivity index (χ1) is 13.6. The van der Waals surface area contributed by atoms with Gasteiger partial charge in [-0.3, -0.25) is 14.5 Å². The summed E-state index contributed by atoms with van der Waals surface area (Å²) < 4.78 is 4.81. The summed E-state index contributed by atoms with van der Waals surface area (Å²) in [5, 5.41) is 5.71. The van der Waals surface area contributed by atoms with Crippen molar-refractivity contribution in [3.8, 4) is 0 Å². The normalized spacial score (nSPS) is 14.0. The van der Waals surface area contributed by atoms with Gasteiger partial charge in [0.05, 0.1) is 0 Å². The summed E-state index contributed by atoms with van der Waals surface area (Å²) in [6.07, 6.45) is 2.51. The molecule has 2 aromatic carbocycles. The van der Waals surface area contributed by atoms with Crippen molar-refractivity contribution in [3.05, 3.63) is 65.2 Å². The standard InChI is InChI=1S/C22H27N3O3/c1-28-16-21(26)24-20-9-5-6-17(13-20)14-23-22(27)19-8-4-7-18(12-19)15-25-10-2-3-11-25/h4-9,12-13H,2-3,10-11,14-16H2,1H3,(H,23,27)(H,24,26). The Morgan fingerprint density at radius 1 is 1.04 bits per heavy atom. The number of ether oxygens (including phenoxy) is 1. The lowest BCUT2D eigenvalue weighted by Gasteiger charge is -2.15. The number of likely N-dealkylation sites (tertiary alicyclic amines) is 1. The SMILES string of the molecule is COCC(=O)Nc1cccc(CNC(=O)c2cccc(CN3CCCC3)c2)c1. The van der Waals surface area contributed by atoms with Gasteiger partial charge in [0.1, 0.15) is 6.61 Å². The number of rotatable bonds is 8. The smallest absolute Gasteiger partial charge is 0.251 e. The number of carbonyl (C=O) groups excluding carboxylic acids is 2. The van der Waals surface area contributed by atoms with Crippen LogP contribution in [0.15, 0.2) is 48.5 Å². The van der Waals surface area contributed by atoms with E-state index in [0.717, 1.165) is 30.8 Å². The van der Waals surface area contributed by atoms with Gasteiger partial charge in [0.25, 0.3) is 5.91 Å². The number of hydrogen-bond acceptors (Lipinski definition) is 4. The van der Waals surface area contributed by atoms with E-state index >= 15 is 0 Å². The molecule has 28 heavy (non-hydrogen) atoms. The minimum Gasteiger partial charge on any atom is -0.375 e. The van der Waals surface area contributed by atoms with E-state index in [0.29, 0.717) is 17.8 Å². The lowest BCUT2D eigenvalue weighted by molar-refractivity contribution is -0.119. The molecular weight excluding hydrogens is 354 g/mol. The molecule has 3 rings (SSSR count). The molecule has 2 N–H and O–H groups in total. The maximum Gasteiger partial charge on any atom is 0.251 e. The van der Waals surface area contributed by atoms with E-state index in [2.05, 4.69) is 21.6 Å². The van der Waals surface area contributed by atoms with Crippen LogP contribution in [-0.4, -0.2) is 43.5 Å². The number of amides is 2. The molecule has 1 aliphatic rings. The summed E-state index contributed by atoms with van der Waals surface area (Å²) in [7, 11) is 1.48. The second-order valence-electron chi connectivity index (χ2n) is 7.05. The van der Waals surface area contributed by atoms with Crippen LogP contribution < -0.4 is 10.6 Å². The van der Waals surface area contributed by atoms with Gasteiger partial charge in [-0.05, 0) is 61.3 Å². The Morgan fingerprint density at radius 3 is 2.57 bits per heavy atom. The van der Waals surface area contributed by atoms with Crippen molar-refractivity contribution < 1.29 is 14.3 Å². The van der Waals surface area contributed by atoms with E-state index in [1.54, 1.807) is 6.07 Å². The Labute approximate surface area is 165 Å². The summed E-state index contributed by atoms with van der Waals surface area (Å²) in [6, 6.07) is 15.2. The van der Waals surface area contributed by atoms with E-state index < -0.39 is 0 Å². The molecule has 0 unspecified atom stereocenters. The minimum absolute atomic E-state index is 0.00866. The molecule has 0 bridgehead atoms. The summed E-state index contributed by atoms with van der Waals surface area (Å²) in [6.45, 7) is 3.56. The monoisotopic (exact) mass is 381 g/mol. The first-order valence-electron chi connectivity index (χ1n) is 9.61. The first-order valence-corrected chi connectivity index (χ1v) is 9.61. The Hall–Kier alpha value is -2.70. The molecule has 0 aromatic heterocycles. The minimum atomic E-state index is -0.210. The van der Waals surface area contributed by atoms with E-state index in [-0.39, 0.29) is 18.4 Å². The Balaban J connectivity index is 1.56. The predicted molar refractivity (Wildman–Crippen MR) is 109 cm³/mol. The van der Waals surface area contributed by atoms with E-state index in [4.69, 9.17) is 4.74 Å². The maximum absolute atomic E-state index is 12.5. The highest BCUT2D eigenvalue weighted by Gasteiger charge is 2.13. The van der Waals surface area contributed by atoms with Gasteiger partial charge in [-0.1, -0.05) is 24.3 Å². The van der Waals surface area contributed by atoms with Gasteiger partial charge in [-0.25, -0.2) is 0 Å². The molecule has 0 spiro atoms. The second kappa shape index (κ2) is 10.0. The zero-order valence-corrected chi connectivity index (χ0v) is 16.2. The lowest BCUT2D eigenvalue weighted by Crippen LogP contribution is -2.23. The fraction of sp³-hybridized carbons (Fsp3) is 0.364. The van der Waals surface area contributed by atoms with Gasteiger partial charge in [-0.2, -0.15) is 0 Å². The maximum atomic E-state index is 12.5. The Kier molecular flexibility index (Phi) is 7.17. The molecule has 2 amide bonds. The fourth-order valence-corrected chi connectivity index (χ4v) is 3.38. The molecule has 6 heteroatoms. The molecule has 0 atom stereocenters. The number of benzene rings is 2. The highest BCUT2D eigenvalue weighted by atomic mass is 16.5. The summed E-state index contributed by atoms with van der Waals surface area (Å²) >= 11 is 0. The van der Waals surface area contributed by atoms with Crippen molar-refractivity contribution in [2.75, 3.05) is 32.1 Å². The van der Waals surface area contributed by atoms with E-state index in [1.807, 2.05) is 36.4 Å². The summed E-state index contributed by atoms with van der Waals surface area (Å²) in [5.41, 5.74) is 3.43. The molecule has 0 saturated carbocycles. The average Bonchev–Trinajstić information content (AvgIpc) is 3.20. The van der Waals surface area contributed by atoms with E-state index in [1.165, 1.54) is 20.0 Å². The van der Waals surface area contributed by atoms with Crippen molar-refractivity contribution in [3.63, 3.8) is 0 Å². The lowest BCUT2D eigenvalue weighted by atomic mass is 10.1. The van der Waals surface area contributed by atoms with Crippen molar-refractivity contribution in [1.82, 2.24) is 10.2 Å². The largest absolute Gasteiger partial charge is 0.375 e. The molecule has 0 radical (unpaired) electrons. The molecule has 0 aliphatic carbocycles. The number of nitrogens with one attached hydrogen (secondary N) is 2. The third-order valence-corrected chi connectivity index (χ3v) is 4.73. The summed E-state index contributed by atoms with van der Waals surface area (Å²) in [5.74, 6) is -0.310. The third kappa shape index (κ3) is 5.90. The number of carbonyl (C=O) groups is 2. The Morgan fingerprint density at radius 2 is 1.79 bits per heavy atom. The van der Waals surface area contributed by atoms with Crippen LogP contribution in [0.5, 0.6) is 0 Å². The van der Waals surface area contributed by atoms with Gasteiger partial charge in [0, 0.05) is 31.5 Å². The quantitative estimate of drug-likeness (QED) is 0.738. The summed E-state index contributed by atoms with van der Waals surface area (Å²) in [4.78, 5) is 26.6. The van der Waals surface area contributed by atoms with Gasteiger partial charge < -0.3 is 15.4 Å². The van der Waals surface area contributed by atoms with Crippen LogP contribution in [0.1, 0.15) is 34.3 Å². The van der Waals surface area contributed by atoms with Crippen LogP contribution in [0.4, 0.5) is 5.69 Å². The topological polar surface area (TPSA) is 70.7 Å². The van der Waals surface area contributed by atoms with Crippen LogP contribution in [0.3, 0.4) is 0 Å². The van der Waals surface area contributed by atoms with Crippen LogP contribution in [0, 0.1) is 0 Å². The van der Waals surface area contributed by atoms with Gasteiger partial charge >= 0.3 is 0 Å². The molecule has 2 aromatic rings. The molecule has 1 aliphatic heterocycles. The number of nitrogens with zero attached hydrogens (tertiary/aromatic N) is 1. The van der Waals surface area contributed by atoms with Crippen LogP contribution in [0.2, 0.25) is 0 Å². The predicted octanol–water partition coefficient (Wildman–Crippen LogP) is 2.80. The van der Waals surface area contributed by atoms with Crippen LogP contribution >= 0.6 is 0 Å². The average molecular weight is 381 g/mol. The molecular formula is C22H27N3O3. The first kappa shape index (κ1) is 20.0. The van der Waals surface area contributed by atoms with Crippen LogP contribution in [-0.2, 0) is 22.6 Å². The highest BCUT2D eigenvalue weighted by Crippen LogP contribution is 2.14. The van der Waals surface area contributed by atoms with Crippen molar-refractivity contribution in [2.24, 2.45) is 0 Å². The van der Waals surface area contributed by atoms with Crippen molar-refractivity contribution >= 4 is 17.5 Å². The number of anilines is 1. The van der Waals surface area contributed by atoms with Gasteiger partial charge in [0.2, 0.25) is 5.91 Å². The van der Waals surface area contributed by atoms with Crippen molar-refractivity contribution in [1.29, 1.82) is 0 Å². The van der Waals surface area contributed by atoms with Gasteiger partial charge in [-0.15, -0.1) is 0 Å². The fourth-order valence-electron chi connectivity index (χ4n) is 3.38.